The number of amidine groups is 1. The van der Waals surface area contributed by atoms with Crippen LogP contribution in [-0.4, -0.2) is 31.4 Å². The van der Waals surface area contributed by atoms with Gasteiger partial charge >= 0.3 is 0 Å². The second-order valence-electron chi connectivity index (χ2n) is 3.59. The predicted molar refractivity (Wildman–Crippen MR) is 47.1 cm³/mol. The Hall–Kier alpha value is -0.770. The summed E-state index contributed by atoms with van der Waals surface area (Å²) >= 11 is 0. The van der Waals surface area contributed by atoms with Gasteiger partial charge in [0, 0.05) is 13.5 Å². The van der Waals surface area contributed by atoms with E-state index in [0.29, 0.717) is 12.6 Å². The van der Waals surface area contributed by atoms with Crippen molar-refractivity contribution in [3.63, 3.8) is 0 Å². The van der Waals surface area contributed by atoms with Crippen molar-refractivity contribution in [3.05, 3.63) is 0 Å². The average molecular weight is 172 g/mol. The Morgan fingerprint density at radius 2 is 2.42 bits per heavy atom. The molecule has 1 heterocycles. The molecule has 1 aliphatic rings. The number of rotatable bonds is 3. The van der Waals surface area contributed by atoms with Crippen LogP contribution in [0.1, 0.15) is 20.3 Å². The minimum atomic E-state index is -0.162. The number of hydrogen-bond donors (Lipinski definition) is 1. The molecule has 1 atom stereocenters. The smallest absolute Gasteiger partial charge is 0.282 e. The van der Waals surface area contributed by atoms with Gasteiger partial charge in [-0.3, -0.25) is 0 Å². The van der Waals surface area contributed by atoms with E-state index in [9.17, 15) is 0 Å². The highest BCUT2D eigenvalue weighted by atomic mass is 16.5. The Morgan fingerprint density at radius 1 is 1.75 bits per heavy atom. The predicted octanol–water partition coefficient (Wildman–Crippen LogP) is 0.515. The monoisotopic (exact) mass is 172 g/mol. The van der Waals surface area contributed by atoms with Gasteiger partial charge in [0.2, 0.25) is 0 Å². The van der Waals surface area contributed by atoms with Crippen LogP contribution in [0.2, 0.25) is 0 Å². The molecule has 4 nitrogen and oxygen atoms in total. The Labute approximate surface area is 72.8 Å². The SMILES string of the molecule is COC(C)(C)CC1CN=C(N)O1. The Kier molecular flexibility index (Phi) is 2.57. The summed E-state index contributed by atoms with van der Waals surface area (Å²) in [5, 5.41) is 0. The van der Waals surface area contributed by atoms with Crippen LogP contribution >= 0.6 is 0 Å². The molecule has 0 amide bonds. The molecule has 0 aliphatic carbocycles. The first-order valence-electron chi connectivity index (χ1n) is 4.05. The van der Waals surface area contributed by atoms with Crippen molar-refractivity contribution in [3.8, 4) is 0 Å². The lowest BCUT2D eigenvalue weighted by Gasteiger charge is -2.25. The zero-order valence-corrected chi connectivity index (χ0v) is 7.83. The van der Waals surface area contributed by atoms with E-state index in [4.69, 9.17) is 15.2 Å². The van der Waals surface area contributed by atoms with Crippen LogP contribution in [0.4, 0.5) is 0 Å². The molecule has 0 aromatic carbocycles. The second kappa shape index (κ2) is 3.31. The van der Waals surface area contributed by atoms with Crippen molar-refractivity contribution in [2.24, 2.45) is 10.7 Å². The van der Waals surface area contributed by atoms with Gasteiger partial charge in [-0.05, 0) is 13.8 Å². The lowest BCUT2D eigenvalue weighted by molar-refractivity contribution is -0.0108. The number of hydrogen-bond acceptors (Lipinski definition) is 4. The molecule has 0 aromatic rings. The summed E-state index contributed by atoms with van der Waals surface area (Å²) in [6.45, 7) is 4.69. The first-order valence-corrected chi connectivity index (χ1v) is 4.05. The van der Waals surface area contributed by atoms with E-state index in [2.05, 4.69) is 4.99 Å². The van der Waals surface area contributed by atoms with Crippen molar-refractivity contribution in [1.82, 2.24) is 0 Å². The molecule has 1 rings (SSSR count). The van der Waals surface area contributed by atoms with Gasteiger partial charge in [0.25, 0.3) is 6.02 Å². The van der Waals surface area contributed by atoms with Crippen LogP contribution < -0.4 is 5.73 Å². The molecule has 1 aliphatic heterocycles. The summed E-state index contributed by atoms with van der Waals surface area (Å²) in [5.41, 5.74) is 5.21. The fourth-order valence-corrected chi connectivity index (χ4v) is 1.17. The van der Waals surface area contributed by atoms with E-state index < -0.39 is 0 Å². The van der Waals surface area contributed by atoms with E-state index in [-0.39, 0.29) is 11.7 Å². The molecule has 0 fully saturated rings. The minimum absolute atomic E-state index is 0.0833. The van der Waals surface area contributed by atoms with Crippen LogP contribution in [0.5, 0.6) is 0 Å². The van der Waals surface area contributed by atoms with Gasteiger partial charge in [-0.25, -0.2) is 4.99 Å². The minimum Gasteiger partial charge on any atom is -0.460 e. The van der Waals surface area contributed by atoms with Crippen LogP contribution in [-0.2, 0) is 9.47 Å². The summed E-state index contributed by atoms with van der Waals surface area (Å²) in [6, 6.07) is 0.298. The summed E-state index contributed by atoms with van der Waals surface area (Å²) in [7, 11) is 1.69. The van der Waals surface area contributed by atoms with Crippen molar-refractivity contribution in [2.45, 2.75) is 32.0 Å². The van der Waals surface area contributed by atoms with E-state index >= 15 is 0 Å². The van der Waals surface area contributed by atoms with Gasteiger partial charge in [-0.2, -0.15) is 0 Å². The third-order valence-electron chi connectivity index (χ3n) is 2.01. The molecule has 70 valence electrons. The highest BCUT2D eigenvalue weighted by molar-refractivity contribution is 5.72. The van der Waals surface area contributed by atoms with E-state index in [1.165, 1.54) is 0 Å². The summed E-state index contributed by atoms with van der Waals surface area (Å²) in [6.07, 6.45) is 0.896. The third-order valence-corrected chi connectivity index (χ3v) is 2.01. The van der Waals surface area contributed by atoms with Gasteiger partial charge in [-0.15, -0.1) is 0 Å². The van der Waals surface area contributed by atoms with Crippen molar-refractivity contribution in [1.29, 1.82) is 0 Å². The molecule has 0 bridgehead atoms. The lowest BCUT2D eigenvalue weighted by Crippen LogP contribution is -2.31. The lowest BCUT2D eigenvalue weighted by atomic mass is 10.0. The quantitative estimate of drug-likeness (QED) is 0.675. The van der Waals surface area contributed by atoms with Crippen molar-refractivity contribution < 1.29 is 9.47 Å². The topological polar surface area (TPSA) is 56.8 Å². The van der Waals surface area contributed by atoms with Gasteiger partial charge in [0.1, 0.15) is 6.10 Å². The Morgan fingerprint density at radius 3 is 2.83 bits per heavy atom. The summed E-state index contributed by atoms with van der Waals surface area (Å²) in [5.74, 6) is 0. The van der Waals surface area contributed by atoms with Crippen molar-refractivity contribution >= 4 is 6.02 Å². The zero-order chi connectivity index (χ0) is 9.19. The van der Waals surface area contributed by atoms with E-state index in [1.54, 1.807) is 7.11 Å². The average Bonchev–Trinajstić information content (AvgIpc) is 2.35. The second-order valence-corrected chi connectivity index (χ2v) is 3.59. The van der Waals surface area contributed by atoms with Gasteiger partial charge in [-0.1, -0.05) is 0 Å². The van der Waals surface area contributed by atoms with Gasteiger partial charge < -0.3 is 15.2 Å². The number of ether oxygens (including phenoxy) is 2. The molecule has 0 saturated carbocycles. The maximum Gasteiger partial charge on any atom is 0.282 e. The summed E-state index contributed by atoms with van der Waals surface area (Å²) in [4.78, 5) is 3.95. The van der Waals surface area contributed by atoms with Crippen LogP contribution in [0.25, 0.3) is 0 Å². The Balaban J connectivity index is 2.34. The van der Waals surface area contributed by atoms with Crippen LogP contribution in [0.3, 0.4) is 0 Å². The maximum absolute atomic E-state index is 5.37. The molecule has 4 heteroatoms. The van der Waals surface area contributed by atoms with Crippen LogP contribution in [0.15, 0.2) is 4.99 Å². The molecular weight excluding hydrogens is 156 g/mol. The normalized spacial score (nSPS) is 23.6. The molecular formula is C8H16N2O2. The number of methoxy groups -OCH3 is 1. The highest BCUT2D eigenvalue weighted by Crippen LogP contribution is 2.19. The van der Waals surface area contributed by atoms with Crippen molar-refractivity contribution in [2.75, 3.05) is 13.7 Å². The van der Waals surface area contributed by atoms with E-state index in [1.807, 2.05) is 13.8 Å². The van der Waals surface area contributed by atoms with Gasteiger partial charge in [0.05, 0.1) is 12.1 Å². The standard InChI is InChI=1S/C8H16N2O2/c1-8(2,11-3)4-6-5-10-7(9)12-6/h6H,4-5H2,1-3H3,(H2,9,10). The molecule has 12 heavy (non-hydrogen) atoms. The first-order chi connectivity index (χ1) is 5.53. The van der Waals surface area contributed by atoms with E-state index in [0.717, 1.165) is 6.42 Å². The molecule has 0 aromatic heterocycles. The summed E-state index contributed by atoms with van der Waals surface area (Å²) < 4.78 is 10.5. The highest BCUT2D eigenvalue weighted by Gasteiger charge is 2.27. The molecule has 0 radical (unpaired) electrons. The molecule has 1 unspecified atom stereocenters. The molecule has 0 saturated heterocycles. The molecule has 2 N–H and O–H groups in total. The number of nitrogens with two attached hydrogens (primary N) is 1. The third kappa shape index (κ3) is 2.37. The van der Waals surface area contributed by atoms with Gasteiger partial charge in [0.15, 0.2) is 0 Å². The maximum atomic E-state index is 5.37. The Bertz CT molecular complexity index is 189. The molecule has 0 spiro atoms. The number of nitrogens with zero attached hydrogens (tertiary/aromatic N) is 1. The zero-order valence-electron chi connectivity index (χ0n) is 7.83. The first kappa shape index (κ1) is 9.32. The van der Waals surface area contributed by atoms with Crippen LogP contribution in [0, 0.1) is 0 Å². The largest absolute Gasteiger partial charge is 0.460 e. The number of aliphatic imine (C=N–C) groups is 1. The fourth-order valence-electron chi connectivity index (χ4n) is 1.17. The fraction of sp³-hybridized carbons (Fsp3) is 0.875.